The first-order valence-electron chi connectivity index (χ1n) is 8.83. The van der Waals surface area contributed by atoms with Gasteiger partial charge in [-0.3, -0.25) is 4.57 Å². The number of hydrogen-bond acceptors (Lipinski definition) is 7. The zero-order chi connectivity index (χ0) is 20.1. The zero-order valence-electron chi connectivity index (χ0n) is 15.8. The van der Waals surface area contributed by atoms with Gasteiger partial charge in [-0.2, -0.15) is 0 Å². The lowest BCUT2D eigenvalue weighted by Crippen LogP contribution is -2.34. The molecule has 28 heavy (non-hydrogen) atoms. The van der Waals surface area contributed by atoms with E-state index in [0.717, 1.165) is 12.8 Å². The van der Waals surface area contributed by atoms with Crippen molar-refractivity contribution in [3.63, 3.8) is 0 Å². The van der Waals surface area contributed by atoms with Gasteiger partial charge in [0.15, 0.2) is 0 Å². The Morgan fingerprint density at radius 3 is 2.64 bits per heavy atom. The molecule has 9 nitrogen and oxygen atoms in total. The molecule has 0 bridgehead atoms. The van der Waals surface area contributed by atoms with Crippen LogP contribution in [0, 0.1) is 6.92 Å². The molecule has 2 heterocycles. The largest absolute Gasteiger partial charge is 0.383 e. The van der Waals surface area contributed by atoms with Gasteiger partial charge in [0.1, 0.15) is 5.01 Å². The van der Waals surface area contributed by atoms with Gasteiger partial charge in [0.25, 0.3) is 0 Å². The van der Waals surface area contributed by atoms with Gasteiger partial charge in [-0.05, 0) is 44.9 Å². The number of sulfonamides is 1. The fourth-order valence-corrected chi connectivity index (χ4v) is 5.22. The van der Waals surface area contributed by atoms with Crippen molar-refractivity contribution in [1.29, 1.82) is 0 Å². The van der Waals surface area contributed by atoms with Gasteiger partial charge in [0, 0.05) is 12.6 Å². The Kier molecular flexibility index (Phi) is 4.65. The molecule has 0 aliphatic heterocycles. The summed E-state index contributed by atoms with van der Waals surface area (Å²) >= 11 is 1.27. The summed E-state index contributed by atoms with van der Waals surface area (Å²) in [4.78, 5) is 13.2. The van der Waals surface area contributed by atoms with Crippen LogP contribution < -0.4 is 10.4 Å². The van der Waals surface area contributed by atoms with Crippen LogP contribution in [0.4, 0.5) is 0 Å². The van der Waals surface area contributed by atoms with Crippen LogP contribution in [0.15, 0.2) is 27.9 Å². The van der Waals surface area contributed by atoms with Gasteiger partial charge in [-0.25, -0.2) is 22.5 Å². The Hall–Kier alpha value is -2.08. The van der Waals surface area contributed by atoms with E-state index in [1.807, 2.05) is 6.92 Å². The number of imidazole rings is 1. The molecule has 11 heteroatoms. The first-order chi connectivity index (χ1) is 13.2. The van der Waals surface area contributed by atoms with Crippen LogP contribution in [0.5, 0.6) is 0 Å². The van der Waals surface area contributed by atoms with Gasteiger partial charge in [0.05, 0.1) is 29.1 Å². The zero-order valence-corrected chi connectivity index (χ0v) is 17.4. The number of nitrogens with one attached hydrogen (secondary N) is 1. The van der Waals surface area contributed by atoms with Crippen molar-refractivity contribution in [2.75, 3.05) is 13.7 Å². The molecular weight excluding hydrogens is 402 g/mol. The lowest BCUT2D eigenvalue weighted by Gasteiger charge is -2.12. The van der Waals surface area contributed by atoms with Crippen LogP contribution in [0.25, 0.3) is 16.2 Å². The van der Waals surface area contributed by atoms with Crippen molar-refractivity contribution in [2.45, 2.75) is 43.7 Å². The number of methoxy groups -OCH3 is 1. The second-order valence-electron chi connectivity index (χ2n) is 7.18. The Bertz CT molecular complexity index is 1200. The molecule has 3 aromatic rings. The molecule has 1 saturated carbocycles. The standard InChI is InChI=1S/C17H21N5O4S2/c1-11-18-19-15(27-11)22-14-10-12(28(24,25)20-17(2)6-7-17)4-5-13(14)21(16(22)23)8-9-26-3/h4-5,10,20H,6-9H2,1-3H3. The minimum absolute atomic E-state index is 0.118. The summed E-state index contributed by atoms with van der Waals surface area (Å²) < 4.78 is 36.4. The van der Waals surface area contributed by atoms with E-state index in [9.17, 15) is 13.2 Å². The van der Waals surface area contributed by atoms with E-state index >= 15 is 0 Å². The summed E-state index contributed by atoms with van der Waals surface area (Å²) in [6, 6.07) is 4.69. The molecule has 1 fully saturated rings. The van der Waals surface area contributed by atoms with E-state index in [2.05, 4.69) is 14.9 Å². The van der Waals surface area contributed by atoms with Gasteiger partial charge in [-0.15, -0.1) is 10.2 Å². The summed E-state index contributed by atoms with van der Waals surface area (Å²) in [5.74, 6) is 0. The van der Waals surface area contributed by atoms with E-state index in [0.29, 0.717) is 34.3 Å². The Morgan fingerprint density at radius 1 is 1.29 bits per heavy atom. The highest BCUT2D eigenvalue weighted by atomic mass is 32.2. The van der Waals surface area contributed by atoms with E-state index in [4.69, 9.17) is 4.74 Å². The molecular formula is C17H21N5O4S2. The summed E-state index contributed by atoms with van der Waals surface area (Å²) in [6.45, 7) is 4.38. The average Bonchev–Trinajstić information content (AvgIpc) is 3.08. The van der Waals surface area contributed by atoms with Crippen LogP contribution in [-0.4, -0.2) is 47.0 Å². The van der Waals surface area contributed by atoms with Crippen LogP contribution in [-0.2, 0) is 21.3 Å². The number of nitrogens with zero attached hydrogens (tertiary/aromatic N) is 4. The van der Waals surface area contributed by atoms with Gasteiger partial charge in [0.2, 0.25) is 15.2 Å². The number of rotatable bonds is 7. The number of aromatic nitrogens is 4. The predicted octanol–water partition coefficient (Wildman–Crippen LogP) is 1.43. The highest BCUT2D eigenvalue weighted by Crippen LogP contribution is 2.36. The van der Waals surface area contributed by atoms with Crippen molar-refractivity contribution in [3.05, 3.63) is 33.7 Å². The number of ether oxygens (including phenoxy) is 1. The fraction of sp³-hybridized carbons (Fsp3) is 0.471. The average molecular weight is 424 g/mol. The first kappa shape index (κ1) is 19.2. The van der Waals surface area contributed by atoms with E-state index in [1.165, 1.54) is 28.0 Å². The van der Waals surface area contributed by atoms with Crippen molar-refractivity contribution < 1.29 is 13.2 Å². The molecule has 0 unspecified atom stereocenters. The maximum atomic E-state index is 13.0. The number of aryl methyl sites for hydroxylation is 1. The minimum Gasteiger partial charge on any atom is -0.383 e. The highest BCUT2D eigenvalue weighted by Gasteiger charge is 2.41. The molecule has 1 aromatic carbocycles. The van der Waals surface area contributed by atoms with E-state index in [1.54, 1.807) is 24.7 Å². The molecule has 0 atom stereocenters. The normalized spacial score (nSPS) is 16.0. The van der Waals surface area contributed by atoms with E-state index < -0.39 is 10.0 Å². The molecule has 0 saturated heterocycles. The maximum Gasteiger partial charge on any atom is 0.335 e. The Balaban J connectivity index is 1.90. The SMILES string of the molecule is COCCn1c(=O)n(-c2nnc(C)s2)c2cc(S(=O)(=O)NC3(C)CC3)ccc21. The predicted molar refractivity (Wildman–Crippen MR) is 106 cm³/mol. The Labute approximate surface area is 166 Å². The second kappa shape index (κ2) is 6.76. The van der Waals surface area contributed by atoms with Gasteiger partial charge >= 0.3 is 5.69 Å². The summed E-state index contributed by atoms with van der Waals surface area (Å²) in [5, 5.41) is 9.18. The third kappa shape index (κ3) is 3.39. The third-order valence-electron chi connectivity index (χ3n) is 4.82. The molecule has 4 rings (SSSR count). The summed E-state index contributed by atoms with van der Waals surface area (Å²) in [6.07, 6.45) is 1.63. The van der Waals surface area contributed by atoms with Crippen molar-refractivity contribution in [3.8, 4) is 5.13 Å². The third-order valence-corrected chi connectivity index (χ3v) is 7.28. The van der Waals surface area contributed by atoms with Crippen molar-refractivity contribution >= 4 is 32.4 Å². The molecule has 0 amide bonds. The van der Waals surface area contributed by atoms with Crippen LogP contribution in [0.3, 0.4) is 0 Å². The van der Waals surface area contributed by atoms with E-state index in [-0.39, 0.29) is 16.1 Å². The van der Waals surface area contributed by atoms with Gasteiger partial charge < -0.3 is 4.74 Å². The second-order valence-corrected chi connectivity index (χ2v) is 10.0. The molecule has 0 spiro atoms. The number of hydrogen-bond donors (Lipinski definition) is 1. The summed E-state index contributed by atoms with van der Waals surface area (Å²) in [5.41, 5.74) is 0.404. The lowest BCUT2D eigenvalue weighted by atomic mass is 10.3. The van der Waals surface area contributed by atoms with Crippen LogP contribution >= 0.6 is 11.3 Å². The molecule has 1 aliphatic rings. The number of fused-ring (bicyclic) bond motifs is 1. The van der Waals surface area contributed by atoms with Crippen LogP contribution in [0.1, 0.15) is 24.8 Å². The quantitative estimate of drug-likeness (QED) is 0.616. The monoisotopic (exact) mass is 423 g/mol. The topological polar surface area (TPSA) is 108 Å². The molecule has 1 N–H and O–H groups in total. The smallest absolute Gasteiger partial charge is 0.335 e. The number of benzene rings is 1. The summed E-state index contributed by atoms with van der Waals surface area (Å²) in [7, 11) is -2.13. The van der Waals surface area contributed by atoms with Crippen molar-refractivity contribution in [2.24, 2.45) is 0 Å². The first-order valence-corrected chi connectivity index (χ1v) is 11.1. The maximum absolute atomic E-state index is 13.0. The molecule has 0 radical (unpaired) electrons. The fourth-order valence-electron chi connectivity index (χ4n) is 3.04. The molecule has 2 aromatic heterocycles. The molecule has 150 valence electrons. The van der Waals surface area contributed by atoms with Crippen molar-refractivity contribution in [1.82, 2.24) is 24.1 Å². The Morgan fingerprint density at radius 2 is 2.04 bits per heavy atom. The van der Waals surface area contributed by atoms with Gasteiger partial charge in [-0.1, -0.05) is 11.3 Å². The minimum atomic E-state index is -3.69. The molecule has 1 aliphatic carbocycles. The lowest BCUT2D eigenvalue weighted by molar-refractivity contribution is 0.187. The van der Waals surface area contributed by atoms with Crippen LogP contribution in [0.2, 0.25) is 0 Å². The highest BCUT2D eigenvalue weighted by molar-refractivity contribution is 7.89.